The van der Waals surface area contributed by atoms with Gasteiger partial charge in [0.1, 0.15) is 5.76 Å². The normalized spacial score (nSPS) is 29.7. The Labute approximate surface area is 111 Å². The summed E-state index contributed by atoms with van der Waals surface area (Å²) >= 11 is 6.02. The molecule has 0 fully saturated rings. The molecule has 18 heavy (non-hydrogen) atoms. The number of fused-ring (bicyclic) bond motifs is 2. The van der Waals surface area contributed by atoms with Gasteiger partial charge in [-0.15, -0.1) is 11.6 Å². The lowest BCUT2D eigenvalue weighted by Crippen LogP contribution is -2.20. The van der Waals surface area contributed by atoms with Gasteiger partial charge in [-0.1, -0.05) is 18.2 Å². The van der Waals surface area contributed by atoms with Crippen LogP contribution in [0.4, 0.5) is 0 Å². The number of hydrogen-bond acceptors (Lipinski definition) is 2. The summed E-state index contributed by atoms with van der Waals surface area (Å²) in [5.74, 6) is 1.13. The summed E-state index contributed by atoms with van der Waals surface area (Å²) in [4.78, 5) is 12.7. The fourth-order valence-electron chi connectivity index (χ4n) is 3.07. The molecule has 0 spiro atoms. The van der Waals surface area contributed by atoms with Gasteiger partial charge in [0.25, 0.3) is 0 Å². The summed E-state index contributed by atoms with van der Waals surface area (Å²) in [5, 5.41) is 10.1. The van der Waals surface area contributed by atoms with Crippen molar-refractivity contribution in [3.05, 3.63) is 46.9 Å². The van der Waals surface area contributed by atoms with Gasteiger partial charge >= 0.3 is 0 Å². The largest absolute Gasteiger partial charge is 0.508 e. The van der Waals surface area contributed by atoms with Crippen molar-refractivity contribution < 1.29 is 9.90 Å². The van der Waals surface area contributed by atoms with Crippen LogP contribution in [0.25, 0.3) is 0 Å². The number of alkyl halides is 1. The molecule has 0 saturated carbocycles. The first-order valence-electron chi connectivity index (χ1n) is 6.06. The molecular weight excluding hydrogens is 250 g/mol. The third-order valence-electron chi connectivity index (χ3n) is 3.88. The zero-order valence-electron chi connectivity index (χ0n) is 9.84. The Hall–Kier alpha value is -1.48. The lowest BCUT2D eigenvalue weighted by atomic mass is 9.76. The molecular formula is C14H14ClNO2. The van der Waals surface area contributed by atoms with E-state index in [9.17, 15) is 9.90 Å². The number of carbonyl (C=O) groups excluding carboxylic acids is 1. The molecule has 0 radical (unpaired) electrons. The molecule has 3 nitrogen and oxygen atoms in total. The molecule has 94 valence electrons. The van der Waals surface area contributed by atoms with E-state index in [2.05, 4.69) is 6.08 Å². The Balaban J connectivity index is 2.11. The van der Waals surface area contributed by atoms with E-state index >= 15 is 0 Å². The Morgan fingerprint density at radius 2 is 2.39 bits per heavy atom. The second-order valence-corrected chi connectivity index (χ2v) is 5.13. The van der Waals surface area contributed by atoms with Gasteiger partial charge < -0.3 is 10.0 Å². The summed E-state index contributed by atoms with van der Waals surface area (Å²) in [6.45, 7) is 0.620. The molecule has 0 bridgehead atoms. The van der Waals surface area contributed by atoms with Gasteiger partial charge in [0.2, 0.25) is 6.41 Å². The number of nitrogens with zero attached hydrogens (tertiary/aromatic N) is 1. The highest BCUT2D eigenvalue weighted by Gasteiger charge is 2.39. The van der Waals surface area contributed by atoms with Gasteiger partial charge in [-0.25, -0.2) is 0 Å². The predicted molar refractivity (Wildman–Crippen MR) is 70.0 cm³/mol. The van der Waals surface area contributed by atoms with Crippen LogP contribution < -0.4 is 0 Å². The van der Waals surface area contributed by atoms with E-state index in [0.29, 0.717) is 12.4 Å². The molecule has 1 amide bonds. The minimum absolute atomic E-state index is 0.170. The highest BCUT2D eigenvalue weighted by molar-refractivity contribution is 6.18. The first-order valence-corrected chi connectivity index (χ1v) is 6.59. The van der Waals surface area contributed by atoms with E-state index in [-0.39, 0.29) is 17.6 Å². The molecule has 1 aliphatic heterocycles. The number of hydrogen-bond donors (Lipinski definition) is 1. The van der Waals surface area contributed by atoms with Gasteiger partial charge in [0.15, 0.2) is 0 Å². The van der Waals surface area contributed by atoms with E-state index < -0.39 is 0 Å². The number of rotatable bonds is 2. The van der Waals surface area contributed by atoms with Crippen molar-refractivity contribution >= 4 is 18.0 Å². The number of aliphatic hydroxyl groups excluding tert-OH is 1. The SMILES string of the molecule is O=CN1CC(CCl)C2=C1C=C(O)C1=CC=CCC12. The monoisotopic (exact) mass is 263 g/mol. The van der Waals surface area contributed by atoms with Crippen molar-refractivity contribution in [3.8, 4) is 0 Å². The predicted octanol–water partition coefficient (Wildman–Crippen LogP) is 2.53. The highest BCUT2D eigenvalue weighted by atomic mass is 35.5. The van der Waals surface area contributed by atoms with E-state index in [4.69, 9.17) is 11.6 Å². The fourth-order valence-corrected chi connectivity index (χ4v) is 3.33. The molecule has 3 rings (SSSR count). The minimum Gasteiger partial charge on any atom is -0.508 e. The second kappa shape index (κ2) is 4.32. The van der Waals surface area contributed by atoms with Gasteiger partial charge in [0.05, 0.1) is 0 Å². The Morgan fingerprint density at radius 1 is 1.56 bits per heavy atom. The van der Waals surface area contributed by atoms with E-state index in [1.165, 1.54) is 5.57 Å². The van der Waals surface area contributed by atoms with Crippen molar-refractivity contribution in [3.63, 3.8) is 0 Å². The first-order chi connectivity index (χ1) is 8.76. The molecule has 1 N–H and O–H groups in total. The standard InChI is InChI=1S/C14H14ClNO2/c15-6-9-7-16(8-17)12-5-13(18)10-3-1-2-4-11(10)14(9)12/h1-3,5,8-9,11,18H,4,6-7H2. The number of allylic oxidation sites excluding steroid dienone is 5. The average Bonchev–Trinajstić information content (AvgIpc) is 2.77. The van der Waals surface area contributed by atoms with E-state index in [1.54, 1.807) is 11.0 Å². The van der Waals surface area contributed by atoms with Gasteiger partial charge in [-0.2, -0.15) is 0 Å². The molecule has 2 atom stereocenters. The summed E-state index contributed by atoms with van der Waals surface area (Å²) in [6, 6.07) is 0. The zero-order chi connectivity index (χ0) is 12.7. The first kappa shape index (κ1) is 11.6. The van der Waals surface area contributed by atoms with Crippen molar-refractivity contribution in [1.82, 2.24) is 4.90 Å². The minimum atomic E-state index is 0.170. The molecule has 0 aromatic heterocycles. The van der Waals surface area contributed by atoms with Crippen LogP contribution in [-0.4, -0.2) is 28.8 Å². The van der Waals surface area contributed by atoms with Crippen LogP contribution in [-0.2, 0) is 4.79 Å². The lowest BCUT2D eigenvalue weighted by Gasteiger charge is -2.29. The molecule has 1 heterocycles. The Morgan fingerprint density at radius 3 is 3.11 bits per heavy atom. The maximum Gasteiger partial charge on any atom is 0.214 e. The van der Waals surface area contributed by atoms with Crippen molar-refractivity contribution in [2.75, 3.05) is 12.4 Å². The Bertz CT molecular complexity index is 516. The van der Waals surface area contributed by atoms with Crippen LogP contribution in [0.3, 0.4) is 0 Å². The number of carbonyl (C=O) groups is 1. The maximum atomic E-state index is 11.1. The van der Waals surface area contributed by atoms with Crippen LogP contribution in [0, 0.1) is 11.8 Å². The van der Waals surface area contributed by atoms with Crippen LogP contribution in [0.5, 0.6) is 0 Å². The number of aliphatic hydroxyl groups is 1. The molecule has 0 aromatic carbocycles. The molecule has 3 aliphatic rings. The van der Waals surface area contributed by atoms with E-state index in [0.717, 1.165) is 24.1 Å². The lowest BCUT2D eigenvalue weighted by molar-refractivity contribution is -0.116. The van der Waals surface area contributed by atoms with Gasteiger partial charge in [-0.3, -0.25) is 4.79 Å². The third kappa shape index (κ3) is 1.54. The summed E-state index contributed by atoms with van der Waals surface area (Å²) < 4.78 is 0. The molecule has 2 aliphatic carbocycles. The van der Waals surface area contributed by atoms with Gasteiger partial charge in [-0.05, 0) is 12.0 Å². The number of amides is 1. The highest BCUT2D eigenvalue weighted by Crippen LogP contribution is 2.45. The molecule has 0 aromatic rings. The van der Waals surface area contributed by atoms with Crippen LogP contribution >= 0.6 is 11.6 Å². The van der Waals surface area contributed by atoms with Crippen molar-refractivity contribution in [2.45, 2.75) is 6.42 Å². The summed E-state index contributed by atoms with van der Waals surface area (Å²) in [5.41, 5.74) is 2.98. The smallest absolute Gasteiger partial charge is 0.214 e. The fraction of sp³-hybridized carbons (Fsp3) is 0.357. The van der Waals surface area contributed by atoms with E-state index in [1.807, 2.05) is 12.2 Å². The van der Waals surface area contributed by atoms with Crippen LogP contribution in [0.2, 0.25) is 0 Å². The molecule has 0 saturated heterocycles. The molecule has 2 unspecified atom stereocenters. The summed E-state index contributed by atoms with van der Waals surface area (Å²) in [6.07, 6.45) is 9.37. The topological polar surface area (TPSA) is 40.5 Å². The summed E-state index contributed by atoms with van der Waals surface area (Å²) in [7, 11) is 0. The third-order valence-corrected chi connectivity index (χ3v) is 4.25. The quantitative estimate of drug-likeness (QED) is 0.614. The van der Waals surface area contributed by atoms with Crippen LogP contribution in [0.15, 0.2) is 46.9 Å². The number of halogens is 1. The van der Waals surface area contributed by atoms with Crippen LogP contribution in [0.1, 0.15) is 6.42 Å². The maximum absolute atomic E-state index is 11.1. The Kier molecular flexibility index (Phi) is 2.78. The zero-order valence-corrected chi connectivity index (χ0v) is 10.6. The second-order valence-electron chi connectivity index (χ2n) is 4.82. The molecule has 4 heteroatoms. The van der Waals surface area contributed by atoms with Crippen molar-refractivity contribution in [2.24, 2.45) is 11.8 Å². The average molecular weight is 264 g/mol. The van der Waals surface area contributed by atoms with Gasteiger partial charge in [0, 0.05) is 41.6 Å². The van der Waals surface area contributed by atoms with Crippen molar-refractivity contribution in [1.29, 1.82) is 0 Å².